The van der Waals surface area contributed by atoms with Gasteiger partial charge in [-0.3, -0.25) is 4.79 Å². The van der Waals surface area contributed by atoms with Crippen molar-refractivity contribution in [2.75, 3.05) is 20.2 Å². The number of hydrogen-bond donors (Lipinski definition) is 1. The van der Waals surface area contributed by atoms with Crippen molar-refractivity contribution in [3.63, 3.8) is 0 Å². The smallest absolute Gasteiger partial charge is 0.257 e. The first-order valence-corrected chi connectivity index (χ1v) is 6.32. The first kappa shape index (κ1) is 12.7. The number of hydrogen-bond acceptors (Lipinski definition) is 3. The van der Waals surface area contributed by atoms with Crippen LogP contribution in [0.25, 0.3) is 0 Å². The van der Waals surface area contributed by atoms with Gasteiger partial charge in [0, 0.05) is 19.2 Å². The molecule has 1 saturated carbocycles. The van der Waals surface area contributed by atoms with Crippen LogP contribution in [-0.4, -0.2) is 36.1 Å². The maximum Gasteiger partial charge on any atom is 0.257 e. The van der Waals surface area contributed by atoms with Gasteiger partial charge in [-0.1, -0.05) is 0 Å². The van der Waals surface area contributed by atoms with Gasteiger partial charge in [0.2, 0.25) is 0 Å². The fraction of sp³-hybridized carbons (Fsp3) is 0.500. The Morgan fingerprint density at radius 3 is 2.72 bits per heavy atom. The topological polar surface area (TPSA) is 49.8 Å². The lowest BCUT2D eigenvalue weighted by molar-refractivity contribution is 0.0754. The fourth-order valence-corrected chi connectivity index (χ4v) is 1.96. The molecule has 98 valence electrons. The maximum absolute atomic E-state index is 12.3. The van der Waals surface area contributed by atoms with E-state index in [1.807, 2.05) is 6.92 Å². The Hall–Kier alpha value is -1.71. The average Bonchev–Trinajstić information content (AvgIpc) is 3.19. The molecule has 0 bridgehead atoms. The molecule has 2 rings (SSSR count). The van der Waals surface area contributed by atoms with Crippen molar-refractivity contribution in [2.45, 2.75) is 19.8 Å². The van der Waals surface area contributed by atoms with Crippen LogP contribution < -0.4 is 4.74 Å². The lowest BCUT2D eigenvalue weighted by Crippen LogP contribution is -2.32. The molecule has 1 aromatic carbocycles. The molecule has 1 amide bonds. The van der Waals surface area contributed by atoms with Gasteiger partial charge in [0.1, 0.15) is 11.5 Å². The van der Waals surface area contributed by atoms with Crippen LogP contribution in [0.3, 0.4) is 0 Å². The summed E-state index contributed by atoms with van der Waals surface area (Å²) in [6.07, 6.45) is 2.41. The summed E-state index contributed by atoms with van der Waals surface area (Å²) in [5.74, 6) is 1.07. The Balaban J connectivity index is 2.15. The minimum absolute atomic E-state index is 0.0198. The van der Waals surface area contributed by atoms with Crippen molar-refractivity contribution < 1.29 is 14.6 Å². The number of phenols is 1. The highest BCUT2D eigenvalue weighted by Gasteiger charge is 2.27. The maximum atomic E-state index is 12.3. The second-order valence-electron chi connectivity index (χ2n) is 4.67. The number of nitrogens with zero attached hydrogens (tertiary/aromatic N) is 1. The first-order chi connectivity index (χ1) is 8.65. The molecule has 1 aliphatic carbocycles. The fourth-order valence-electron chi connectivity index (χ4n) is 1.96. The molecule has 18 heavy (non-hydrogen) atoms. The van der Waals surface area contributed by atoms with E-state index in [0.717, 1.165) is 6.54 Å². The van der Waals surface area contributed by atoms with Gasteiger partial charge in [0.05, 0.1) is 12.7 Å². The number of carbonyl (C=O) groups excluding carboxylic acids is 1. The molecule has 0 unspecified atom stereocenters. The molecular formula is C14H19NO3. The Labute approximate surface area is 107 Å². The molecule has 0 radical (unpaired) electrons. The van der Waals surface area contributed by atoms with Crippen LogP contribution in [0, 0.1) is 5.92 Å². The summed E-state index contributed by atoms with van der Waals surface area (Å²) in [7, 11) is 1.53. The third kappa shape index (κ3) is 2.75. The molecule has 1 aliphatic rings. The van der Waals surface area contributed by atoms with E-state index in [2.05, 4.69) is 0 Å². The molecule has 0 aromatic heterocycles. The first-order valence-electron chi connectivity index (χ1n) is 6.32. The predicted octanol–water partition coefficient (Wildman–Crippen LogP) is 2.27. The van der Waals surface area contributed by atoms with E-state index >= 15 is 0 Å². The summed E-state index contributed by atoms with van der Waals surface area (Å²) < 4.78 is 5.01. The summed E-state index contributed by atoms with van der Waals surface area (Å²) in [4.78, 5) is 14.1. The molecule has 0 aliphatic heterocycles. The van der Waals surface area contributed by atoms with Gasteiger partial charge in [-0.25, -0.2) is 0 Å². The number of benzene rings is 1. The van der Waals surface area contributed by atoms with Crippen LogP contribution in [0.15, 0.2) is 18.2 Å². The molecule has 0 heterocycles. The van der Waals surface area contributed by atoms with E-state index in [9.17, 15) is 9.90 Å². The zero-order chi connectivity index (χ0) is 13.1. The van der Waals surface area contributed by atoms with Crippen molar-refractivity contribution in [3.05, 3.63) is 23.8 Å². The number of ether oxygens (including phenoxy) is 1. The number of methoxy groups -OCH3 is 1. The van der Waals surface area contributed by atoms with Gasteiger partial charge in [-0.2, -0.15) is 0 Å². The highest BCUT2D eigenvalue weighted by Crippen LogP contribution is 2.31. The zero-order valence-electron chi connectivity index (χ0n) is 10.8. The van der Waals surface area contributed by atoms with Gasteiger partial charge in [0.25, 0.3) is 5.91 Å². The molecule has 0 atom stereocenters. The molecule has 4 heteroatoms. The highest BCUT2D eigenvalue weighted by molar-refractivity contribution is 5.97. The largest absolute Gasteiger partial charge is 0.507 e. The number of rotatable bonds is 5. The molecule has 4 nitrogen and oxygen atoms in total. The Bertz CT molecular complexity index is 441. The molecule has 0 spiro atoms. The van der Waals surface area contributed by atoms with Crippen molar-refractivity contribution in [3.8, 4) is 11.5 Å². The molecule has 1 N–H and O–H groups in total. The van der Waals surface area contributed by atoms with Crippen LogP contribution in [-0.2, 0) is 0 Å². The predicted molar refractivity (Wildman–Crippen MR) is 69.0 cm³/mol. The number of carbonyl (C=O) groups is 1. The summed E-state index contributed by atoms with van der Waals surface area (Å²) in [6.45, 7) is 3.42. The van der Waals surface area contributed by atoms with Crippen LogP contribution in [0.4, 0.5) is 0 Å². The van der Waals surface area contributed by atoms with E-state index in [1.54, 1.807) is 17.0 Å². The Kier molecular flexibility index (Phi) is 3.75. The van der Waals surface area contributed by atoms with E-state index in [4.69, 9.17) is 4.74 Å². The summed E-state index contributed by atoms with van der Waals surface area (Å²) in [5.41, 5.74) is 0.346. The van der Waals surface area contributed by atoms with Gasteiger partial charge in [0.15, 0.2) is 0 Å². The molecule has 0 saturated heterocycles. The number of aromatic hydroxyl groups is 1. The van der Waals surface area contributed by atoms with Crippen molar-refractivity contribution in [2.24, 2.45) is 5.92 Å². The average molecular weight is 249 g/mol. The normalized spacial score (nSPS) is 14.3. The summed E-state index contributed by atoms with van der Waals surface area (Å²) in [6, 6.07) is 4.78. The standard InChI is InChI=1S/C14H19NO3/c1-3-15(9-10-4-5-10)14(17)12-7-6-11(18-2)8-13(12)16/h6-8,10,16H,3-5,9H2,1-2H3. The minimum Gasteiger partial charge on any atom is -0.507 e. The Morgan fingerprint density at radius 1 is 1.50 bits per heavy atom. The van der Waals surface area contributed by atoms with Crippen molar-refractivity contribution in [1.29, 1.82) is 0 Å². The van der Waals surface area contributed by atoms with Gasteiger partial charge >= 0.3 is 0 Å². The van der Waals surface area contributed by atoms with Gasteiger partial charge in [-0.05, 0) is 37.8 Å². The number of phenolic OH excluding ortho intramolecular Hbond substituents is 1. The molecular weight excluding hydrogens is 230 g/mol. The van der Waals surface area contributed by atoms with Crippen molar-refractivity contribution in [1.82, 2.24) is 4.90 Å². The van der Waals surface area contributed by atoms with Gasteiger partial charge in [-0.15, -0.1) is 0 Å². The minimum atomic E-state index is -0.107. The van der Waals surface area contributed by atoms with Crippen LogP contribution in [0.1, 0.15) is 30.1 Å². The second-order valence-corrected chi connectivity index (χ2v) is 4.67. The van der Waals surface area contributed by atoms with Crippen LogP contribution in [0.5, 0.6) is 11.5 Å². The van der Waals surface area contributed by atoms with Crippen molar-refractivity contribution >= 4 is 5.91 Å². The quantitative estimate of drug-likeness (QED) is 0.871. The summed E-state index contributed by atoms with van der Waals surface area (Å²) >= 11 is 0. The summed E-state index contributed by atoms with van der Waals surface area (Å²) in [5, 5.41) is 9.86. The zero-order valence-corrected chi connectivity index (χ0v) is 10.8. The van der Waals surface area contributed by atoms with E-state index < -0.39 is 0 Å². The lowest BCUT2D eigenvalue weighted by Gasteiger charge is -2.21. The van der Waals surface area contributed by atoms with Crippen LogP contribution in [0.2, 0.25) is 0 Å². The highest BCUT2D eigenvalue weighted by atomic mass is 16.5. The van der Waals surface area contributed by atoms with Crippen LogP contribution >= 0.6 is 0 Å². The Morgan fingerprint density at radius 2 is 2.22 bits per heavy atom. The molecule has 1 aromatic rings. The SMILES string of the molecule is CCN(CC1CC1)C(=O)c1ccc(OC)cc1O. The third-order valence-corrected chi connectivity index (χ3v) is 3.28. The van der Waals surface area contributed by atoms with E-state index in [0.29, 0.717) is 23.8 Å². The van der Waals surface area contributed by atoms with Gasteiger partial charge < -0.3 is 14.7 Å². The monoisotopic (exact) mass is 249 g/mol. The molecule has 1 fully saturated rings. The van der Waals surface area contributed by atoms with E-state index in [1.165, 1.54) is 26.0 Å². The third-order valence-electron chi connectivity index (χ3n) is 3.28. The lowest BCUT2D eigenvalue weighted by atomic mass is 10.1. The number of amides is 1. The van der Waals surface area contributed by atoms with E-state index in [-0.39, 0.29) is 11.7 Å². The second kappa shape index (κ2) is 5.29.